The highest BCUT2D eigenvalue weighted by atomic mass is 16.5. The number of nitrogens with one attached hydrogen (secondary N) is 1. The average Bonchev–Trinajstić information content (AvgIpc) is 2.69. The number of amides is 1. The van der Waals surface area contributed by atoms with Gasteiger partial charge in [0.05, 0.1) is 12.8 Å². The molecule has 1 amide bonds. The first-order chi connectivity index (χ1) is 8.60. The smallest absolute Gasteiger partial charge is 0.343 e. The summed E-state index contributed by atoms with van der Waals surface area (Å²) in [6, 6.07) is 0. The van der Waals surface area contributed by atoms with E-state index in [1.165, 1.54) is 10.9 Å². The summed E-state index contributed by atoms with van der Waals surface area (Å²) >= 11 is 0. The van der Waals surface area contributed by atoms with Gasteiger partial charge in [0, 0.05) is 13.5 Å². The molecule has 0 saturated carbocycles. The van der Waals surface area contributed by atoms with Crippen LogP contribution in [0.5, 0.6) is 0 Å². The van der Waals surface area contributed by atoms with Crippen LogP contribution in [0.4, 0.5) is 5.82 Å². The van der Waals surface area contributed by atoms with Crippen LogP contribution in [0.1, 0.15) is 43.5 Å². The molecular weight excluding hydrogens is 234 g/mol. The summed E-state index contributed by atoms with van der Waals surface area (Å²) in [6.45, 7) is 4.03. The van der Waals surface area contributed by atoms with Gasteiger partial charge in [0.15, 0.2) is 0 Å². The summed E-state index contributed by atoms with van der Waals surface area (Å²) in [4.78, 5) is 23.3. The minimum Gasteiger partial charge on any atom is -0.462 e. The van der Waals surface area contributed by atoms with Gasteiger partial charge in [0.2, 0.25) is 5.91 Å². The summed E-state index contributed by atoms with van der Waals surface area (Å²) in [5, 5.41) is 6.65. The lowest BCUT2D eigenvalue weighted by atomic mass is 10.2. The SMILES string of the molecule is CCCCC(=O)Nc1c(C(=O)OCC)cnn1C. The Morgan fingerprint density at radius 1 is 1.44 bits per heavy atom. The van der Waals surface area contributed by atoms with Crippen LogP contribution in [-0.2, 0) is 16.6 Å². The van der Waals surface area contributed by atoms with Crippen molar-refractivity contribution in [3.63, 3.8) is 0 Å². The number of anilines is 1. The fourth-order valence-corrected chi connectivity index (χ4v) is 1.48. The number of carbonyl (C=O) groups is 2. The molecule has 0 bridgehead atoms. The molecule has 0 aliphatic carbocycles. The van der Waals surface area contributed by atoms with Gasteiger partial charge in [0.1, 0.15) is 11.4 Å². The van der Waals surface area contributed by atoms with Gasteiger partial charge in [-0.25, -0.2) is 4.79 Å². The van der Waals surface area contributed by atoms with Gasteiger partial charge in [-0.05, 0) is 13.3 Å². The molecule has 0 aromatic carbocycles. The van der Waals surface area contributed by atoms with Gasteiger partial charge in [-0.15, -0.1) is 0 Å². The molecule has 1 N–H and O–H groups in total. The summed E-state index contributed by atoms with van der Waals surface area (Å²) < 4.78 is 6.36. The highest BCUT2D eigenvalue weighted by Gasteiger charge is 2.18. The fourth-order valence-electron chi connectivity index (χ4n) is 1.48. The third-order valence-electron chi connectivity index (χ3n) is 2.45. The van der Waals surface area contributed by atoms with Crippen LogP contribution in [0, 0.1) is 0 Å². The van der Waals surface area contributed by atoms with Crippen LogP contribution < -0.4 is 5.32 Å². The quantitative estimate of drug-likeness (QED) is 0.783. The topological polar surface area (TPSA) is 73.2 Å². The van der Waals surface area contributed by atoms with E-state index in [1.54, 1.807) is 14.0 Å². The first-order valence-corrected chi connectivity index (χ1v) is 6.09. The standard InChI is InChI=1S/C12H19N3O3/c1-4-6-7-10(16)14-11-9(8-13-15(11)3)12(17)18-5-2/h8H,4-7H2,1-3H3,(H,14,16). The largest absolute Gasteiger partial charge is 0.462 e. The Kier molecular flexibility index (Phi) is 5.35. The Morgan fingerprint density at radius 2 is 2.17 bits per heavy atom. The van der Waals surface area contributed by atoms with Crippen molar-refractivity contribution in [1.82, 2.24) is 9.78 Å². The molecule has 0 aliphatic rings. The second-order valence-electron chi connectivity index (χ2n) is 3.90. The molecule has 6 nitrogen and oxygen atoms in total. The lowest BCUT2D eigenvalue weighted by Crippen LogP contribution is -2.17. The molecule has 6 heteroatoms. The Balaban J connectivity index is 2.78. The number of hydrogen-bond donors (Lipinski definition) is 1. The number of carbonyl (C=O) groups excluding carboxylic acids is 2. The predicted octanol–water partition coefficient (Wildman–Crippen LogP) is 1.73. The molecule has 18 heavy (non-hydrogen) atoms. The van der Waals surface area contributed by atoms with E-state index in [-0.39, 0.29) is 18.1 Å². The molecular formula is C12H19N3O3. The van der Waals surface area contributed by atoms with Crippen LogP contribution in [0.2, 0.25) is 0 Å². The maximum absolute atomic E-state index is 11.6. The number of rotatable bonds is 6. The van der Waals surface area contributed by atoms with E-state index in [4.69, 9.17) is 4.74 Å². The second kappa shape index (κ2) is 6.78. The number of nitrogens with zero attached hydrogens (tertiary/aromatic N) is 2. The Morgan fingerprint density at radius 3 is 2.78 bits per heavy atom. The van der Waals surface area contributed by atoms with Crippen LogP contribution >= 0.6 is 0 Å². The lowest BCUT2D eigenvalue weighted by molar-refractivity contribution is -0.116. The first kappa shape index (κ1) is 14.2. The van der Waals surface area contributed by atoms with Crippen molar-refractivity contribution in [2.45, 2.75) is 33.1 Å². The van der Waals surface area contributed by atoms with Crippen LogP contribution in [0.15, 0.2) is 6.20 Å². The molecule has 0 spiro atoms. The zero-order chi connectivity index (χ0) is 13.5. The Labute approximate surface area is 106 Å². The molecule has 0 radical (unpaired) electrons. The van der Waals surface area contributed by atoms with Crippen molar-refractivity contribution >= 4 is 17.7 Å². The number of aryl methyl sites for hydroxylation is 1. The molecule has 100 valence electrons. The van der Waals surface area contributed by atoms with Crippen LogP contribution in [0.25, 0.3) is 0 Å². The highest BCUT2D eigenvalue weighted by Crippen LogP contribution is 2.16. The number of esters is 1. The van der Waals surface area contributed by atoms with E-state index < -0.39 is 5.97 Å². The van der Waals surface area contributed by atoms with Crippen LogP contribution in [0.3, 0.4) is 0 Å². The summed E-state index contributed by atoms with van der Waals surface area (Å²) in [7, 11) is 1.66. The normalized spacial score (nSPS) is 10.2. The number of ether oxygens (including phenoxy) is 1. The van der Waals surface area contributed by atoms with Gasteiger partial charge in [0.25, 0.3) is 0 Å². The maximum atomic E-state index is 11.6. The van der Waals surface area contributed by atoms with E-state index in [0.717, 1.165) is 12.8 Å². The number of unbranched alkanes of at least 4 members (excludes halogenated alkanes) is 1. The van der Waals surface area contributed by atoms with E-state index in [2.05, 4.69) is 10.4 Å². The summed E-state index contributed by atoms with van der Waals surface area (Å²) in [6.07, 6.45) is 3.60. The van der Waals surface area contributed by atoms with Crippen molar-refractivity contribution in [3.8, 4) is 0 Å². The fraction of sp³-hybridized carbons (Fsp3) is 0.583. The molecule has 1 rings (SSSR count). The molecule has 1 heterocycles. The van der Waals surface area contributed by atoms with Crippen molar-refractivity contribution < 1.29 is 14.3 Å². The molecule has 0 unspecified atom stereocenters. The predicted molar refractivity (Wildman–Crippen MR) is 67.3 cm³/mol. The van der Waals surface area contributed by atoms with Gasteiger partial charge < -0.3 is 10.1 Å². The summed E-state index contributed by atoms with van der Waals surface area (Å²) in [5.74, 6) is -0.211. The minimum absolute atomic E-state index is 0.119. The Bertz CT molecular complexity index is 426. The first-order valence-electron chi connectivity index (χ1n) is 6.09. The zero-order valence-corrected chi connectivity index (χ0v) is 11.0. The highest BCUT2D eigenvalue weighted by molar-refractivity contribution is 6.00. The third kappa shape index (κ3) is 3.58. The molecule has 1 aromatic heterocycles. The van der Waals surface area contributed by atoms with Gasteiger partial charge in [-0.2, -0.15) is 5.10 Å². The van der Waals surface area contributed by atoms with Crippen molar-refractivity contribution in [2.75, 3.05) is 11.9 Å². The van der Waals surface area contributed by atoms with E-state index in [0.29, 0.717) is 12.2 Å². The van der Waals surface area contributed by atoms with Gasteiger partial charge in [-0.3, -0.25) is 9.48 Å². The molecule has 0 saturated heterocycles. The van der Waals surface area contributed by atoms with Gasteiger partial charge in [-0.1, -0.05) is 13.3 Å². The second-order valence-corrected chi connectivity index (χ2v) is 3.90. The van der Waals surface area contributed by atoms with E-state index in [1.807, 2.05) is 6.92 Å². The average molecular weight is 253 g/mol. The van der Waals surface area contributed by atoms with Crippen molar-refractivity contribution in [1.29, 1.82) is 0 Å². The minimum atomic E-state index is -0.476. The lowest BCUT2D eigenvalue weighted by Gasteiger charge is -2.07. The molecule has 0 atom stereocenters. The monoisotopic (exact) mass is 253 g/mol. The van der Waals surface area contributed by atoms with E-state index in [9.17, 15) is 9.59 Å². The molecule has 0 aliphatic heterocycles. The van der Waals surface area contributed by atoms with E-state index >= 15 is 0 Å². The molecule has 1 aromatic rings. The maximum Gasteiger partial charge on any atom is 0.343 e. The third-order valence-corrected chi connectivity index (χ3v) is 2.45. The zero-order valence-electron chi connectivity index (χ0n) is 11.0. The number of aromatic nitrogens is 2. The number of hydrogen-bond acceptors (Lipinski definition) is 4. The summed E-state index contributed by atoms with van der Waals surface area (Å²) in [5.41, 5.74) is 0.282. The van der Waals surface area contributed by atoms with Gasteiger partial charge >= 0.3 is 5.97 Å². The Hall–Kier alpha value is -1.85. The van der Waals surface area contributed by atoms with Crippen molar-refractivity contribution in [2.24, 2.45) is 7.05 Å². The molecule has 0 fully saturated rings. The van der Waals surface area contributed by atoms with Crippen molar-refractivity contribution in [3.05, 3.63) is 11.8 Å². The van der Waals surface area contributed by atoms with Crippen LogP contribution in [-0.4, -0.2) is 28.3 Å².